The van der Waals surface area contributed by atoms with Crippen LogP contribution in [0.25, 0.3) is 22.0 Å². The van der Waals surface area contributed by atoms with Gasteiger partial charge in [-0.1, -0.05) is 55.7 Å². The van der Waals surface area contributed by atoms with Crippen LogP contribution in [-0.2, 0) is 18.0 Å². The molecule has 0 bridgehead atoms. The van der Waals surface area contributed by atoms with E-state index in [0.29, 0.717) is 24.7 Å². The Bertz CT molecular complexity index is 1010. The minimum Gasteiger partial charge on any atom is -0.353 e. The zero-order valence-corrected chi connectivity index (χ0v) is 18.3. The van der Waals surface area contributed by atoms with E-state index in [9.17, 15) is 9.18 Å². The van der Waals surface area contributed by atoms with Crippen LogP contribution >= 0.6 is 0 Å². The van der Waals surface area contributed by atoms with Gasteiger partial charge in [-0.05, 0) is 54.1 Å². The lowest BCUT2D eigenvalue weighted by Gasteiger charge is -2.31. The summed E-state index contributed by atoms with van der Waals surface area (Å²) in [7, 11) is 2.17. The van der Waals surface area contributed by atoms with Crippen LogP contribution in [-0.4, -0.2) is 41.6 Å². The van der Waals surface area contributed by atoms with Gasteiger partial charge in [0.2, 0.25) is 5.91 Å². The SMILES string of the molecule is CN(CCNC(=O)Cn1ccc2ccc(-c3ccc(CF)cc3)cc21)C1CCCCC1. The fraction of sp³-hybridized carbons (Fsp3) is 0.423. The third-order valence-electron chi connectivity index (χ3n) is 6.51. The van der Waals surface area contributed by atoms with Gasteiger partial charge in [0.25, 0.3) is 0 Å². The van der Waals surface area contributed by atoms with Gasteiger partial charge in [-0.2, -0.15) is 0 Å². The number of carbonyl (C=O) groups excluding carboxylic acids is 1. The molecule has 1 aromatic heterocycles. The van der Waals surface area contributed by atoms with Gasteiger partial charge in [0.1, 0.15) is 13.2 Å². The molecule has 164 valence electrons. The molecule has 1 N–H and O–H groups in total. The molecular weight excluding hydrogens is 389 g/mol. The molecule has 0 unspecified atom stereocenters. The highest BCUT2D eigenvalue weighted by molar-refractivity contribution is 5.87. The maximum atomic E-state index is 12.8. The molecule has 3 aromatic rings. The predicted octanol–water partition coefficient (Wildman–Crippen LogP) is 5.16. The maximum absolute atomic E-state index is 12.8. The van der Waals surface area contributed by atoms with Crippen molar-refractivity contribution in [3.05, 3.63) is 60.3 Å². The van der Waals surface area contributed by atoms with E-state index in [1.165, 1.54) is 32.1 Å². The van der Waals surface area contributed by atoms with Gasteiger partial charge in [-0.15, -0.1) is 0 Å². The molecule has 0 spiro atoms. The zero-order chi connectivity index (χ0) is 21.6. The van der Waals surface area contributed by atoms with Crippen molar-refractivity contribution in [1.29, 1.82) is 0 Å². The van der Waals surface area contributed by atoms with Gasteiger partial charge in [-0.3, -0.25) is 4.79 Å². The van der Waals surface area contributed by atoms with Crippen molar-refractivity contribution in [3.8, 4) is 11.1 Å². The number of nitrogens with zero attached hydrogens (tertiary/aromatic N) is 2. The van der Waals surface area contributed by atoms with Crippen LogP contribution in [0.3, 0.4) is 0 Å². The van der Waals surface area contributed by atoms with E-state index in [0.717, 1.165) is 28.6 Å². The molecule has 0 atom stereocenters. The van der Waals surface area contributed by atoms with E-state index in [4.69, 9.17) is 0 Å². The van der Waals surface area contributed by atoms with Crippen LogP contribution < -0.4 is 5.32 Å². The minimum absolute atomic E-state index is 0.0345. The molecule has 0 saturated heterocycles. The Labute approximate surface area is 184 Å². The maximum Gasteiger partial charge on any atom is 0.239 e. The van der Waals surface area contributed by atoms with Gasteiger partial charge in [-0.25, -0.2) is 4.39 Å². The highest BCUT2D eigenvalue weighted by Gasteiger charge is 2.17. The summed E-state index contributed by atoms with van der Waals surface area (Å²) < 4.78 is 14.8. The molecule has 2 aromatic carbocycles. The molecule has 0 aliphatic heterocycles. The van der Waals surface area contributed by atoms with Crippen LogP contribution in [0, 0.1) is 0 Å². The molecule has 0 radical (unpaired) electrons. The third kappa shape index (κ3) is 5.34. The lowest BCUT2D eigenvalue weighted by molar-refractivity contribution is -0.121. The van der Waals surface area contributed by atoms with E-state index >= 15 is 0 Å². The van der Waals surface area contributed by atoms with Crippen LogP contribution in [0.2, 0.25) is 0 Å². The Balaban J connectivity index is 1.36. The van der Waals surface area contributed by atoms with Crippen molar-refractivity contribution in [2.75, 3.05) is 20.1 Å². The largest absolute Gasteiger partial charge is 0.353 e. The van der Waals surface area contributed by atoms with Crippen molar-refractivity contribution < 1.29 is 9.18 Å². The number of rotatable bonds is 8. The third-order valence-corrected chi connectivity index (χ3v) is 6.51. The number of carbonyl (C=O) groups is 1. The average molecular weight is 422 g/mol. The summed E-state index contributed by atoms with van der Waals surface area (Å²) in [5.74, 6) is 0.0345. The van der Waals surface area contributed by atoms with Gasteiger partial charge in [0.15, 0.2) is 0 Å². The van der Waals surface area contributed by atoms with Gasteiger partial charge < -0.3 is 14.8 Å². The van der Waals surface area contributed by atoms with Gasteiger partial charge in [0, 0.05) is 30.8 Å². The van der Waals surface area contributed by atoms with E-state index < -0.39 is 6.67 Å². The quantitative estimate of drug-likeness (QED) is 0.546. The standard InChI is InChI=1S/C26H32FN3O/c1-29(24-5-3-2-4-6-24)16-14-28-26(31)19-30-15-13-22-11-12-23(17-25(22)30)21-9-7-20(18-27)8-10-21/h7-13,15,17,24H,2-6,14,16,18-19H2,1H3,(H,28,31). The number of fused-ring (bicyclic) bond motifs is 1. The van der Waals surface area contributed by atoms with Crippen LogP contribution in [0.4, 0.5) is 4.39 Å². The molecule has 1 aliphatic carbocycles. The number of benzene rings is 2. The topological polar surface area (TPSA) is 37.3 Å². The summed E-state index contributed by atoms with van der Waals surface area (Å²) >= 11 is 0. The first-order chi connectivity index (χ1) is 15.1. The summed E-state index contributed by atoms with van der Waals surface area (Å²) in [5, 5.41) is 4.18. The van der Waals surface area contributed by atoms with E-state index in [-0.39, 0.29) is 5.91 Å². The number of hydrogen-bond acceptors (Lipinski definition) is 2. The smallest absolute Gasteiger partial charge is 0.239 e. The molecule has 1 fully saturated rings. The van der Waals surface area contributed by atoms with Crippen molar-refractivity contribution in [2.24, 2.45) is 0 Å². The second-order valence-electron chi connectivity index (χ2n) is 8.67. The Hall–Kier alpha value is -2.66. The number of halogens is 1. The van der Waals surface area contributed by atoms with E-state index in [1.54, 1.807) is 0 Å². The van der Waals surface area contributed by atoms with Crippen LogP contribution in [0.5, 0.6) is 0 Å². The molecule has 1 heterocycles. The number of amides is 1. The van der Waals surface area contributed by atoms with Crippen molar-refractivity contribution in [3.63, 3.8) is 0 Å². The summed E-state index contributed by atoms with van der Waals surface area (Å²) in [5.41, 5.74) is 3.81. The highest BCUT2D eigenvalue weighted by Crippen LogP contribution is 2.26. The highest BCUT2D eigenvalue weighted by atomic mass is 19.1. The Morgan fingerprint density at radius 1 is 1.06 bits per heavy atom. The zero-order valence-electron chi connectivity index (χ0n) is 18.3. The number of likely N-dealkylation sites (N-methyl/N-ethyl adjacent to an activating group) is 1. The second-order valence-corrected chi connectivity index (χ2v) is 8.67. The molecule has 1 amide bonds. The molecule has 5 heteroatoms. The van der Waals surface area contributed by atoms with E-state index in [2.05, 4.69) is 35.5 Å². The lowest BCUT2D eigenvalue weighted by Crippen LogP contribution is -2.40. The van der Waals surface area contributed by atoms with E-state index in [1.807, 2.05) is 41.1 Å². The fourth-order valence-corrected chi connectivity index (χ4v) is 4.57. The molecular formula is C26H32FN3O. The minimum atomic E-state index is -0.451. The first kappa shape index (κ1) is 21.6. The molecule has 31 heavy (non-hydrogen) atoms. The average Bonchev–Trinajstić information content (AvgIpc) is 3.21. The fourth-order valence-electron chi connectivity index (χ4n) is 4.57. The first-order valence-corrected chi connectivity index (χ1v) is 11.3. The molecule has 4 rings (SSSR count). The van der Waals surface area contributed by atoms with Crippen LogP contribution in [0.15, 0.2) is 54.7 Å². The summed E-state index contributed by atoms with van der Waals surface area (Å²) in [4.78, 5) is 14.9. The number of hydrogen-bond donors (Lipinski definition) is 1. The molecule has 1 saturated carbocycles. The summed E-state index contributed by atoms with van der Waals surface area (Å²) in [6, 6.07) is 16.5. The number of alkyl halides is 1. The first-order valence-electron chi connectivity index (χ1n) is 11.3. The second kappa shape index (κ2) is 10.1. The Morgan fingerprint density at radius 3 is 2.55 bits per heavy atom. The molecule has 1 aliphatic rings. The van der Waals surface area contributed by atoms with Crippen molar-refractivity contribution in [2.45, 2.75) is 51.4 Å². The van der Waals surface area contributed by atoms with Crippen molar-refractivity contribution >= 4 is 16.8 Å². The van der Waals surface area contributed by atoms with Crippen LogP contribution in [0.1, 0.15) is 37.7 Å². The lowest BCUT2D eigenvalue weighted by atomic mass is 9.94. The Morgan fingerprint density at radius 2 is 1.81 bits per heavy atom. The predicted molar refractivity (Wildman–Crippen MR) is 125 cm³/mol. The van der Waals surface area contributed by atoms with Gasteiger partial charge in [0.05, 0.1) is 0 Å². The number of nitrogens with one attached hydrogen (secondary N) is 1. The van der Waals surface area contributed by atoms with Crippen molar-refractivity contribution in [1.82, 2.24) is 14.8 Å². The Kier molecular flexibility index (Phi) is 7.03. The summed E-state index contributed by atoms with van der Waals surface area (Å²) in [6.07, 6.45) is 8.52. The molecule has 4 nitrogen and oxygen atoms in total. The number of aromatic nitrogens is 1. The van der Waals surface area contributed by atoms with Gasteiger partial charge >= 0.3 is 0 Å². The summed E-state index contributed by atoms with van der Waals surface area (Å²) in [6.45, 7) is 1.42. The normalized spacial score (nSPS) is 14.9. The monoisotopic (exact) mass is 421 g/mol.